The van der Waals surface area contributed by atoms with Crippen LogP contribution in [0.4, 0.5) is 0 Å². The Morgan fingerprint density at radius 2 is 1.76 bits per heavy atom. The molecule has 0 bridgehead atoms. The van der Waals surface area contributed by atoms with Crippen LogP contribution in [0.3, 0.4) is 0 Å². The van der Waals surface area contributed by atoms with E-state index in [4.69, 9.17) is 0 Å². The fraction of sp³-hybridized carbons (Fsp3) is 0.522. The quantitative estimate of drug-likeness (QED) is 0.583. The van der Waals surface area contributed by atoms with Crippen LogP contribution >= 0.6 is 0 Å². The predicted octanol–water partition coefficient (Wildman–Crippen LogP) is 1.52. The highest BCUT2D eigenvalue weighted by molar-refractivity contribution is 5.98. The smallest absolute Gasteiger partial charge is 0.350 e. The number of amides is 2. The van der Waals surface area contributed by atoms with E-state index in [-0.39, 0.29) is 47.2 Å². The van der Waals surface area contributed by atoms with Gasteiger partial charge in [-0.15, -0.1) is 5.10 Å². The molecule has 1 aromatic carbocycles. The molecule has 2 amide bonds. The SMILES string of the molecule is CC(C)Cn1c(=O)c2ccc(C(=O)NC(C)C)cc2n2c(=O)n(CC(=O)NC(C)(C)C)nc12. The number of aromatic nitrogens is 4. The third kappa shape index (κ3) is 5.15. The van der Waals surface area contributed by atoms with Crippen LogP contribution in [0.1, 0.15) is 58.8 Å². The molecule has 0 radical (unpaired) electrons. The maximum Gasteiger partial charge on any atom is 0.352 e. The Morgan fingerprint density at radius 3 is 2.33 bits per heavy atom. The lowest BCUT2D eigenvalue weighted by Gasteiger charge is -2.20. The van der Waals surface area contributed by atoms with Crippen molar-refractivity contribution in [2.75, 3.05) is 0 Å². The Balaban J connectivity index is 2.27. The van der Waals surface area contributed by atoms with Gasteiger partial charge in [0.15, 0.2) is 0 Å². The standard InChI is InChI=1S/C23H32N6O4/c1-13(2)11-27-20(32)16-9-8-15(19(31)24-14(3)4)10-17(16)29-21(27)26-28(22(29)33)12-18(30)25-23(5,6)7/h8-10,13-14H,11-12H2,1-7H3,(H,24,31)(H,25,30). The molecule has 0 aliphatic carbocycles. The van der Waals surface area contributed by atoms with Crippen molar-refractivity contribution in [3.05, 3.63) is 44.6 Å². The zero-order chi connectivity index (χ0) is 24.7. The van der Waals surface area contributed by atoms with Gasteiger partial charge >= 0.3 is 5.69 Å². The van der Waals surface area contributed by atoms with Crippen LogP contribution in [0.15, 0.2) is 27.8 Å². The van der Waals surface area contributed by atoms with E-state index in [0.717, 1.165) is 4.68 Å². The molecule has 0 saturated heterocycles. The first-order valence-electron chi connectivity index (χ1n) is 11.1. The van der Waals surface area contributed by atoms with Gasteiger partial charge in [-0.05, 0) is 58.7 Å². The highest BCUT2D eigenvalue weighted by Crippen LogP contribution is 2.15. The van der Waals surface area contributed by atoms with Crippen molar-refractivity contribution in [1.82, 2.24) is 29.4 Å². The van der Waals surface area contributed by atoms with Crippen molar-refractivity contribution < 1.29 is 9.59 Å². The molecule has 2 aromatic heterocycles. The Hall–Kier alpha value is -3.43. The summed E-state index contributed by atoms with van der Waals surface area (Å²) in [5.74, 6) is -0.427. The molecule has 3 aromatic rings. The number of nitrogens with zero attached hydrogens (tertiary/aromatic N) is 4. The molecule has 0 atom stereocenters. The summed E-state index contributed by atoms with van der Waals surface area (Å²) in [6.45, 7) is 13.2. The topological polar surface area (TPSA) is 120 Å². The molecular formula is C23H32N6O4. The van der Waals surface area contributed by atoms with Crippen molar-refractivity contribution in [2.24, 2.45) is 5.92 Å². The third-order valence-electron chi connectivity index (χ3n) is 4.82. The molecule has 0 aliphatic rings. The lowest BCUT2D eigenvalue weighted by Crippen LogP contribution is -2.43. The Morgan fingerprint density at radius 1 is 1.09 bits per heavy atom. The predicted molar refractivity (Wildman–Crippen MR) is 127 cm³/mol. The van der Waals surface area contributed by atoms with Crippen LogP contribution in [-0.2, 0) is 17.9 Å². The molecule has 0 spiro atoms. The van der Waals surface area contributed by atoms with E-state index >= 15 is 0 Å². The summed E-state index contributed by atoms with van der Waals surface area (Å²) in [6.07, 6.45) is 0. The van der Waals surface area contributed by atoms with Crippen molar-refractivity contribution in [3.8, 4) is 0 Å². The second-order valence-electron chi connectivity index (χ2n) is 10.0. The number of hydrogen-bond donors (Lipinski definition) is 2. The van der Waals surface area contributed by atoms with Crippen LogP contribution in [0.2, 0.25) is 0 Å². The summed E-state index contributed by atoms with van der Waals surface area (Å²) in [5, 5.41) is 10.2. The van der Waals surface area contributed by atoms with Gasteiger partial charge < -0.3 is 10.6 Å². The van der Waals surface area contributed by atoms with Crippen molar-refractivity contribution in [2.45, 2.75) is 73.1 Å². The Kier molecular flexibility index (Phi) is 6.49. The fourth-order valence-electron chi connectivity index (χ4n) is 3.63. The molecule has 3 rings (SSSR count). The molecule has 33 heavy (non-hydrogen) atoms. The minimum Gasteiger partial charge on any atom is -0.350 e. The number of hydrogen-bond acceptors (Lipinski definition) is 5. The number of carbonyl (C=O) groups excluding carboxylic acids is 2. The fourth-order valence-corrected chi connectivity index (χ4v) is 3.63. The van der Waals surface area contributed by atoms with Crippen molar-refractivity contribution >= 4 is 28.5 Å². The van der Waals surface area contributed by atoms with Gasteiger partial charge in [0.2, 0.25) is 11.7 Å². The lowest BCUT2D eigenvalue weighted by atomic mass is 10.1. The van der Waals surface area contributed by atoms with Crippen molar-refractivity contribution in [1.29, 1.82) is 0 Å². The van der Waals surface area contributed by atoms with E-state index in [1.54, 1.807) is 12.1 Å². The highest BCUT2D eigenvalue weighted by atomic mass is 16.2. The Bertz CT molecular complexity index is 1340. The summed E-state index contributed by atoms with van der Waals surface area (Å²) in [6, 6.07) is 4.57. The summed E-state index contributed by atoms with van der Waals surface area (Å²) in [5.41, 5.74) is -0.732. The molecule has 2 heterocycles. The average molecular weight is 457 g/mol. The van der Waals surface area contributed by atoms with E-state index in [1.165, 1.54) is 15.0 Å². The van der Waals surface area contributed by atoms with E-state index < -0.39 is 11.2 Å². The van der Waals surface area contributed by atoms with Crippen LogP contribution in [-0.4, -0.2) is 42.1 Å². The zero-order valence-corrected chi connectivity index (χ0v) is 20.2. The molecule has 10 nitrogen and oxygen atoms in total. The van der Waals surface area contributed by atoms with E-state index in [9.17, 15) is 19.2 Å². The number of benzene rings is 1. The molecule has 2 N–H and O–H groups in total. The molecule has 0 saturated carbocycles. The van der Waals surface area contributed by atoms with Gasteiger partial charge in [-0.1, -0.05) is 13.8 Å². The second-order valence-corrected chi connectivity index (χ2v) is 10.0. The molecule has 10 heteroatoms. The largest absolute Gasteiger partial charge is 0.352 e. The summed E-state index contributed by atoms with van der Waals surface area (Å²) >= 11 is 0. The number of carbonyl (C=O) groups is 2. The van der Waals surface area contributed by atoms with Gasteiger partial charge in [-0.2, -0.15) is 0 Å². The molecular weight excluding hydrogens is 424 g/mol. The van der Waals surface area contributed by atoms with Crippen LogP contribution in [0.5, 0.6) is 0 Å². The minimum absolute atomic E-state index is 0.0703. The first-order valence-corrected chi connectivity index (χ1v) is 11.1. The molecule has 0 fully saturated rings. The molecule has 178 valence electrons. The van der Waals surface area contributed by atoms with Gasteiger partial charge in [0.1, 0.15) is 6.54 Å². The van der Waals surface area contributed by atoms with E-state index in [1.807, 2.05) is 48.5 Å². The van der Waals surface area contributed by atoms with Gasteiger partial charge in [0, 0.05) is 23.7 Å². The van der Waals surface area contributed by atoms with Crippen LogP contribution in [0, 0.1) is 5.92 Å². The lowest BCUT2D eigenvalue weighted by molar-refractivity contribution is -0.123. The molecule has 0 unspecified atom stereocenters. The molecule has 0 aliphatic heterocycles. The third-order valence-corrected chi connectivity index (χ3v) is 4.82. The average Bonchev–Trinajstić information content (AvgIpc) is 2.98. The maximum atomic E-state index is 13.3. The minimum atomic E-state index is -0.557. The first-order chi connectivity index (χ1) is 15.3. The van der Waals surface area contributed by atoms with Crippen LogP contribution < -0.4 is 21.9 Å². The Labute approximate surface area is 191 Å². The van der Waals surface area contributed by atoms with Gasteiger partial charge in [0.05, 0.1) is 10.9 Å². The first kappa shape index (κ1) is 24.2. The van der Waals surface area contributed by atoms with E-state index in [0.29, 0.717) is 17.5 Å². The zero-order valence-electron chi connectivity index (χ0n) is 20.2. The van der Waals surface area contributed by atoms with Gasteiger partial charge in [-0.3, -0.25) is 19.0 Å². The van der Waals surface area contributed by atoms with Crippen LogP contribution in [0.25, 0.3) is 16.7 Å². The van der Waals surface area contributed by atoms with Gasteiger partial charge in [0.25, 0.3) is 11.5 Å². The van der Waals surface area contributed by atoms with E-state index in [2.05, 4.69) is 15.7 Å². The highest BCUT2D eigenvalue weighted by Gasteiger charge is 2.22. The summed E-state index contributed by atoms with van der Waals surface area (Å²) in [7, 11) is 0. The van der Waals surface area contributed by atoms with Crippen molar-refractivity contribution in [3.63, 3.8) is 0 Å². The number of fused-ring (bicyclic) bond motifs is 3. The maximum absolute atomic E-state index is 13.3. The number of rotatable bonds is 6. The normalized spacial score (nSPS) is 12.2. The number of nitrogens with one attached hydrogen (secondary N) is 2. The monoisotopic (exact) mass is 456 g/mol. The second kappa shape index (κ2) is 8.84. The van der Waals surface area contributed by atoms with Gasteiger partial charge in [-0.25, -0.2) is 13.9 Å². The summed E-state index contributed by atoms with van der Waals surface area (Å²) in [4.78, 5) is 51.6. The summed E-state index contributed by atoms with van der Waals surface area (Å²) < 4.78 is 3.79.